The van der Waals surface area contributed by atoms with E-state index in [0.717, 1.165) is 19.4 Å². The molecule has 1 saturated heterocycles. The Kier molecular flexibility index (Phi) is 4.73. The van der Waals surface area contributed by atoms with Crippen molar-refractivity contribution in [1.82, 2.24) is 10.2 Å². The van der Waals surface area contributed by atoms with Gasteiger partial charge in [0.05, 0.1) is 11.7 Å². The van der Waals surface area contributed by atoms with Gasteiger partial charge in [-0.3, -0.25) is 4.79 Å². The number of amides is 1. The number of carbonyl (C=O) groups is 1. The highest BCUT2D eigenvalue weighted by atomic mass is 32.2. The largest absolute Gasteiger partial charge is 0.344 e. The number of nitrogens with one attached hydrogen (secondary N) is 1. The first-order chi connectivity index (χ1) is 7.40. The van der Waals surface area contributed by atoms with Gasteiger partial charge < -0.3 is 10.2 Å². The summed E-state index contributed by atoms with van der Waals surface area (Å²) >= 11 is 0. The van der Waals surface area contributed by atoms with Gasteiger partial charge in [-0.25, -0.2) is 8.42 Å². The Labute approximate surface area is 97.1 Å². The van der Waals surface area contributed by atoms with E-state index in [0.29, 0.717) is 6.54 Å². The van der Waals surface area contributed by atoms with Crippen molar-refractivity contribution in [3.05, 3.63) is 0 Å². The number of carbonyl (C=O) groups excluding carboxylic acids is 1. The molecular formula is C10H20N2O3S. The van der Waals surface area contributed by atoms with Gasteiger partial charge in [0.15, 0.2) is 0 Å². The van der Waals surface area contributed by atoms with E-state index in [9.17, 15) is 13.2 Å². The lowest BCUT2D eigenvalue weighted by atomic mass is 9.98. The highest BCUT2D eigenvalue weighted by Gasteiger charge is 2.24. The van der Waals surface area contributed by atoms with Crippen LogP contribution >= 0.6 is 0 Å². The van der Waals surface area contributed by atoms with Gasteiger partial charge in [-0.1, -0.05) is 0 Å². The van der Waals surface area contributed by atoms with Crippen LogP contribution in [0.4, 0.5) is 0 Å². The third kappa shape index (κ3) is 4.49. The zero-order valence-corrected chi connectivity index (χ0v) is 10.7. The van der Waals surface area contributed by atoms with Crippen LogP contribution in [0.1, 0.15) is 12.8 Å². The maximum absolute atomic E-state index is 11.9. The number of nitrogens with zero attached hydrogens (tertiary/aromatic N) is 1. The van der Waals surface area contributed by atoms with Gasteiger partial charge in [0.2, 0.25) is 5.91 Å². The summed E-state index contributed by atoms with van der Waals surface area (Å²) in [5.41, 5.74) is 0. The van der Waals surface area contributed by atoms with Crippen LogP contribution in [-0.2, 0) is 14.6 Å². The summed E-state index contributed by atoms with van der Waals surface area (Å²) in [6, 6.07) is 0. The molecule has 16 heavy (non-hydrogen) atoms. The van der Waals surface area contributed by atoms with Gasteiger partial charge in [-0.15, -0.1) is 0 Å². The Morgan fingerprint density at radius 3 is 2.69 bits per heavy atom. The molecule has 0 aromatic heterocycles. The monoisotopic (exact) mass is 248 g/mol. The first kappa shape index (κ1) is 13.4. The Bertz CT molecular complexity index is 334. The average molecular weight is 248 g/mol. The molecule has 1 atom stereocenters. The van der Waals surface area contributed by atoms with Crippen molar-refractivity contribution in [2.45, 2.75) is 12.8 Å². The first-order valence-corrected chi connectivity index (χ1v) is 7.59. The molecule has 94 valence electrons. The zero-order valence-electron chi connectivity index (χ0n) is 9.90. The molecule has 0 saturated carbocycles. The van der Waals surface area contributed by atoms with Crippen molar-refractivity contribution in [2.24, 2.45) is 5.92 Å². The summed E-state index contributed by atoms with van der Waals surface area (Å²) in [5, 5.41) is 3.18. The number of piperidine rings is 1. The van der Waals surface area contributed by atoms with Crippen molar-refractivity contribution < 1.29 is 13.2 Å². The van der Waals surface area contributed by atoms with E-state index in [1.807, 2.05) is 0 Å². The van der Waals surface area contributed by atoms with Crippen molar-refractivity contribution in [3.63, 3.8) is 0 Å². The van der Waals surface area contributed by atoms with Gasteiger partial charge in [0.1, 0.15) is 9.84 Å². The maximum atomic E-state index is 11.9. The highest BCUT2D eigenvalue weighted by molar-refractivity contribution is 7.90. The van der Waals surface area contributed by atoms with Crippen LogP contribution in [0.15, 0.2) is 0 Å². The van der Waals surface area contributed by atoms with Gasteiger partial charge >= 0.3 is 0 Å². The second kappa shape index (κ2) is 5.63. The fraction of sp³-hybridized carbons (Fsp3) is 0.900. The third-order valence-corrected chi connectivity index (χ3v) is 3.74. The van der Waals surface area contributed by atoms with E-state index < -0.39 is 9.84 Å². The third-order valence-electron chi connectivity index (χ3n) is 2.82. The summed E-state index contributed by atoms with van der Waals surface area (Å²) in [6.45, 7) is 1.97. The minimum absolute atomic E-state index is 0.0123. The number of hydrogen-bond acceptors (Lipinski definition) is 4. The fourth-order valence-electron chi connectivity index (χ4n) is 1.79. The molecular weight excluding hydrogens is 228 g/mol. The highest BCUT2D eigenvalue weighted by Crippen LogP contribution is 2.12. The van der Waals surface area contributed by atoms with E-state index in [1.54, 1.807) is 7.05 Å². The fourth-order valence-corrected chi connectivity index (χ4v) is 2.39. The van der Waals surface area contributed by atoms with Crippen LogP contribution in [0.25, 0.3) is 0 Å². The molecule has 0 aromatic rings. The number of rotatable bonds is 4. The summed E-state index contributed by atoms with van der Waals surface area (Å²) < 4.78 is 22.0. The minimum Gasteiger partial charge on any atom is -0.344 e. The van der Waals surface area contributed by atoms with E-state index in [4.69, 9.17) is 0 Å². The molecule has 0 radical (unpaired) electrons. The average Bonchev–Trinajstić information content (AvgIpc) is 2.25. The Morgan fingerprint density at radius 2 is 2.19 bits per heavy atom. The SMILES string of the molecule is CN(CCS(C)(=O)=O)C(=O)[C@H]1CCCNC1. The van der Waals surface area contributed by atoms with Crippen molar-refractivity contribution in [1.29, 1.82) is 0 Å². The summed E-state index contributed by atoms with van der Waals surface area (Å²) in [6.07, 6.45) is 3.10. The molecule has 0 spiro atoms. The van der Waals surface area contributed by atoms with Crippen molar-refractivity contribution in [2.75, 3.05) is 38.7 Å². The van der Waals surface area contributed by atoms with Crippen LogP contribution in [0, 0.1) is 5.92 Å². The molecule has 0 aromatic carbocycles. The standard InChI is InChI=1S/C10H20N2O3S/c1-12(6-7-16(2,14)15)10(13)9-4-3-5-11-8-9/h9,11H,3-8H2,1-2H3/t9-/m0/s1. The van der Waals surface area contributed by atoms with Gasteiger partial charge in [0, 0.05) is 26.4 Å². The zero-order chi connectivity index (χ0) is 12.2. The van der Waals surface area contributed by atoms with Crippen molar-refractivity contribution >= 4 is 15.7 Å². The Balaban J connectivity index is 2.40. The molecule has 6 heteroatoms. The molecule has 1 aliphatic rings. The number of sulfone groups is 1. The predicted octanol–water partition coefficient (Wildman–Crippen LogP) is -0.511. The lowest BCUT2D eigenvalue weighted by Crippen LogP contribution is -2.42. The molecule has 0 aliphatic carbocycles. The lowest BCUT2D eigenvalue weighted by Gasteiger charge is -2.26. The van der Waals surface area contributed by atoms with Crippen LogP contribution < -0.4 is 5.32 Å². The van der Waals surface area contributed by atoms with Gasteiger partial charge in [0.25, 0.3) is 0 Å². The Hall–Kier alpha value is -0.620. The van der Waals surface area contributed by atoms with E-state index >= 15 is 0 Å². The summed E-state index contributed by atoms with van der Waals surface area (Å²) in [7, 11) is -1.32. The summed E-state index contributed by atoms with van der Waals surface area (Å²) in [4.78, 5) is 13.4. The minimum atomic E-state index is -2.99. The second-order valence-corrected chi connectivity index (χ2v) is 6.69. The first-order valence-electron chi connectivity index (χ1n) is 5.53. The molecule has 1 fully saturated rings. The molecule has 5 nitrogen and oxygen atoms in total. The van der Waals surface area contributed by atoms with Crippen molar-refractivity contribution in [3.8, 4) is 0 Å². The molecule has 1 amide bonds. The smallest absolute Gasteiger partial charge is 0.226 e. The van der Waals surface area contributed by atoms with Gasteiger partial charge in [-0.05, 0) is 19.4 Å². The van der Waals surface area contributed by atoms with Crippen LogP contribution in [0.2, 0.25) is 0 Å². The molecule has 1 aliphatic heterocycles. The van der Waals surface area contributed by atoms with Crippen LogP contribution in [0.5, 0.6) is 0 Å². The molecule has 1 N–H and O–H groups in total. The quantitative estimate of drug-likeness (QED) is 0.727. The lowest BCUT2D eigenvalue weighted by molar-refractivity contribution is -0.134. The predicted molar refractivity (Wildman–Crippen MR) is 62.9 cm³/mol. The second-order valence-electron chi connectivity index (χ2n) is 4.43. The molecule has 1 rings (SSSR count). The van der Waals surface area contributed by atoms with E-state index in [2.05, 4.69) is 5.32 Å². The van der Waals surface area contributed by atoms with Gasteiger partial charge in [-0.2, -0.15) is 0 Å². The molecule has 1 heterocycles. The normalized spacial score (nSPS) is 21.8. The Morgan fingerprint density at radius 1 is 1.50 bits per heavy atom. The molecule has 0 unspecified atom stereocenters. The summed E-state index contributed by atoms with van der Waals surface area (Å²) in [5.74, 6) is 0.101. The number of hydrogen-bond donors (Lipinski definition) is 1. The van der Waals surface area contributed by atoms with E-state index in [1.165, 1.54) is 11.2 Å². The van der Waals surface area contributed by atoms with Crippen LogP contribution in [0.3, 0.4) is 0 Å². The topological polar surface area (TPSA) is 66.5 Å². The molecule has 0 bridgehead atoms. The van der Waals surface area contributed by atoms with Crippen LogP contribution in [-0.4, -0.2) is 57.9 Å². The van der Waals surface area contributed by atoms with E-state index in [-0.39, 0.29) is 24.1 Å². The maximum Gasteiger partial charge on any atom is 0.226 e.